The topological polar surface area (TPSA) is 36.7 Å². The molecule has 0 amide bonds. The molecule has 4 aromatic rings. The molecule has 2 aromatic carbocycles. The fourth-order valence-corrected chi connectivity index (χ4v) is 4.34. The van der Waals surface area contributed by atoms with E-state index in [1.165, 1.54) is 16.8 Å². The maximum atomic E-state index is 4.89. The van der Waals surface area contributed by atoms with Crippen molar-refractivity contribution < 1.29 is 0 Å². The van der Waals surface area contributed by atoms with Crippen LogP contribution in [-0.2, 0) is 0 Å². The smallest absolute Gasteiger partial charge is 0.165 e. The van der Waals surface area contributed by atoms with Gasteiger partial charge in [0, 0.05) is 49.2 Å². The predicted molar refractivity (Wildman–Crippen MR) is 124 cm³/mol. The average molecular weight is 398 g/mol. The number of rotatable bonds is 3. The van der Waals surface area contributed by atoms with Gasteiger partial charge in [-0.05, 0) is 38.5 Å². The first-order chi connectivity index (χ1) is 14.6. The average Bonchev–Trinajstić information content (AvgIpc) is 3.10. The number of aromatic nitrogens is 3. The first-order valence-corrected chi connectivity index (χ1v) is 10.6. The highest BCUT2D eigenvalue weighted by atomic mass is 15.4. The van der Waals surface area contributed by atoms with Gasteiger partial charge in [-0.2, -0.15) is 9.61 Å². The van der Waals surface area contributed by atoms with Crippen LogP contribution in [0.3, 0.4) is 0 Å². The van der Waals surface area contributed by atoms with E-state index in [0.29, 0.717) is 0 Å². The molecule has 2 aromatic heterocycles. The van der Waals surface area contributed by atoms with Crippen molar-refractivity contribution in [3.63, 3.8) is 0 Å². The molecule has 0 spiro atoms. The summed E-state index contributed by atoms with van der Waals surface area (Å²) in [6, 6.07) is 21.4. The molecule has 3 heterocycles. The van der Waals surface area contributed by atoms with Gasteiger partial charge in [-0.15, -0.1) is 0 Å². The number of hydrogen-bond acceptors (Lipinski definition) is 4. The minimum atomic E-state index is 0.940. The predicted octanol–water partition coefficient (Wildman–Crippen LogP) is 4.65. The van der Waals surface area contributed by atoms with Gasteiger partial charge in [-0.1, -0.05) is 48.0 Å². The summed E-state index contributed by atoms with van der Waals surface area (Å²) in [5, 5.41) is 4.89. The second-order valence-corrected chi connectivity index (χ2v) is 8.13. The summed E-state index contributed by atoms with van der Waals surface area (Å²) < 4.78 is 2.03. The summed E-state index contributed by atoms with van der Waals surface area (Å²) in [5.74, 6) is 1.13. The van der Waals surface area contributed by atoms with E-state index in [-0.39, 0.29) is 0 Å². The fraction of sp³-hybridized carbons (Fsp3) is 0.280. The number of nitrogens with zero attached hydrogens (tertiary/aromatic N) is 5. The minimum Gasteiger partial charge on any atom is -0.368 e. The van der Waals surface area contributed by atoms with Crippen LogP contribution in [0.15, 0.2) is 60.7 Å². The maximum Gasteiger partial charge on any atom is 0.165 e. The van der Waals surface area contributed by atoms with Gasteiger partial charge in [-0.3, -0.25) is 0 Å². The molecule has 0 N–H and O–H groups in total. The molecule has 0 unspecified atom stereocenters. The zero-order valence-corrected chi connectivity index (χ0v) is 17.8. The number of anilines is 2. The first kappa shape index (κ1) is 18.7. The van der Waals surface area contributed by atoms with E-state index in [4.69, 9.17) is 10.1 Å². The second kappa shape index (κ2) is 7.48. The molecule has 0 saturated carbocycles. The Morgan fingerprint density at radius 2 is 1.43 bits per heavy atom. The highest BCUT2D eigenvalue weighted by molar-refractivity contribution is 5.81. The summed E-state index contributed by atoms with van der Waals surface area (Å²) in [5.41, 5.74) is 7.87. The van der Waals surface area contributed by atoms with Gasteiger partial charge in [-0.25, -0.2) is 4.98 Å². The maximum absolute atomic E-state index is 4.89. The lowest BCUT2D eigenvalue weighted by Gasteiger charge is -2.37. The molecule has 0 bridgehead atoms. The molecule has 1 aliphatic rings. The third-order valence-electron chi connectivity index (χ3n) is 5.94. The summed E-state index contributed by atoms with van der Waals surface area (Å²) in [7, 11) is 0. The largest absolute Gasteiger partial charge is 0.368 e. The SMILES string of the molecule is Cc1ccc(N2CCN(c3cc(C)nc4c(-c5ccccc5)c(C)nn34)CC2)cc1. The van der Waals surface area contributed by atoms with E-state index in [1.54, 1.807) is 0 Å². The van der Waals surface area contributed by atoms with Crippen LogP contribution >= 0.6 is 0 Å². The lowest BCUT2D eigenvalue weighted by molar-refractivity contribution is 0.638. The van der Waals surface area contributed by atoms with Crippen molar-refractivity contribution in [1.29, 1.82) is 0 Å². The van der Waals surface area contributed by atoms with Crippen molar-refractivity contribution in [2.75, 3.05) is 36.0 Å². The molecule has 0 aliphatic carbocycles. The molecule has 1 fully saturated rings. The van der Waals surface area contributed by atoms with Crippen molar-refractivity contribution in [3.8, 4) is 11.1 Å². The lowest BCUT2D eigenvalue weighted by atomic mass is 10.1. The summed E-state index contributed by atoms with van der Waals surface area (Å²) in [4.78, 5) is 9.76. The molecule has 0 radical (unpaired) electrons. The number of aryl methyl sites for hydroxylation is 3. The van der Waals surface area contributed by atoms with Gasteiger partial charge in [0.05, 0.1) is 5.69 Å². The standard InChI is InChI=1S/C25H27N5/c1-18-9-11-22(12-10-18)28-13-15-29(16-14-28)23-17-19(2)26-25-24(20(3)27-30(23)25)21-7-5-4-6-8-21/h4-12,17H,13-16H2,1-3H3. The first-order valence-electron chi connectivity index (χ1n) is 10.6. The van der Waals surface area contributed by atoms with Crippen molar-refractivity contribution in [2.24, 2.45) is 0 Å². The molecular weight excluding hydrogens is 370 g/mol. The Hall–Kier alpha value is -3.34. The number of benzene rings is 2. The van der Waals surface area contributed by atoms with Crippen LogP contribution in [0, 0.1) is 20.8 Å². The van der Waals surface area contributed by atoms with Crippen LogP contribution in [0.25, 0.3) is 16.8 Å². The number of hydrogen-bond donors (Lipinski definition) is 0. The van der Waals surface area contributed by atoms with Gasteiger partial charge in [0.25, 0.3) is 0 Å². The second-order valence-electron chi connectivity index (χ2n) is 8.13. The fourth-order valence-electron chi connectivity index (χ4n) is 4.34. The zero-order chi connectivity index (χ0) is 20.7. The monoisotopic (exact) mass is 397 g/mol. The molecular formula is C25H27N5. The van der Waals surface area contributed by atoms with Gasteiger partial charge in [0.2, 0.25) is 0 Å². The van der Waals surface area contributed by atoms with Crippen molar-refractivity contribution in [2.45, 2.75) is 20.8 Å². The Labute approximate surface area is 177 Å². The van der Waals surface area contributed by atoms with E-state index in [2.05, 4.69) is 85.2 Å². The van der Waals surface area contributed by atoms with E-state index in [9.17, 15) is 0 Å². The molecule has 30 heavy (non-hydrogen) atoms. The Morgan fingerprint density at radius 3 is 2.13 bits per heavy atom. The lowest BCUT2D eigenvalue weighted by Crippen LogP contribution is -2.47. The number of piperazine rings is 1. The van der Waals surface area contributed by atoms with Gasteiger partial charge >= 0.3 is 0 Å². The van der Waals surface area contributed by atoms with Crippen LogP contribution < -0.4 is 9.80 Å². The van der Waals surface area contributed by atoms with Crippen LogP contribution in [0.5, 0.6) is 0 Å². The molecule has 5 nitrogen and oxygen atoms in total. The van der Waals surface area contributed by atoms with Crippen molar-refractivity contribution >= 4 is 17.2 Å². The number of fused-ring (bicyclic) bond motifs is 1. The van der Waals surface area contributed by atoms with Crippen LogP contribution in [-0.4, -0.2) is 40.8 Å². The Bertz CT molecular complexity index is 1170. The minimum absolute atomic E-state index is 0.940. The molecule has 5 heteroatoms. The normalized spacial score (nSPS) is 14.5. The molecule has 5 rings (SSSR count). The summed E-state index contributed by atoms with van der Waals surface area (Å²) >= 11 is 0. The van der Waals surface area contributed by atoms with E-state index in [1.807, 2.05) is 10.6 Å². The molecule has 1 aliphatic heterocycles. The van der Waals surface area contributed by atoms with Crippen molar-refractivity contribution in [1.82, 2.24) is 14.6 Å². The summed E-state index contributed by atoms with van der Waals surface area (Å²) in [6.45, 7) is 10.2. The zero-order valence-electron chi connectivity index (χ0n) is 17.8. The Kier molecular flexibility index (Phi) is 4.66. The molecule has 0 atom stereocenters. The molecule has 152 valence electrons. The highest BCUT2D eigenvalue weighted by Gasteiger charge is 2.22. The van der Waals surface area contributed by atoms with E-state index >= 15 is 0 Å². The van der Waals surface area contributed by atoms with Gasteiger partial charge in [0.15, 0.2) is 5.65 Å². The van der Waals surface area contributed by atoms with Crippen molar-refractivity contribution in [3.05, 3.63) is 77.6 Å². The Morgan fingerprint density at radius 1 is 0.767 bits per heavy atom. The van der Waals surface area contributed by atoms with E-state index < -0.39 is 0 Å². The third-order valence-corrected chi connectivity index (χ3v) is 5.94. The highest BCUT2D eigenvalue weighted by Crippen LogP contribution is 2.30. The van der Waals surface area contributed by atoms with Gasteiger partial charge < -0.3 is 9.80 Å². The van der Waals surface area contributed by atoms with Crippen LogP contribution in [0.1, 0.15) is 17.0 Å². The Balaban J connectivity index is 1.47. The molecule has 1 saturated heterocycles. The summed E-state index contributed by atoms with van der Waals surface area (Å²) in [6.07, 6.45) is 0. The van der Waals surface area contributed by atoms with Crippen LogP contribution in [0.2, 0.25) is 0 Å². The van der Waals surface area contributed by atoms with Crippen LogP contribution in [0.4, 0.5) is 11.5 Å². The quantitative estimate of drug-likeness (QED) is 0.504. The third kappa shape index (κ3) is 3.30. The van der Waals surface area contributed by atoms with Gasteiger partial charge in [0.1, 0.15) is 5.82 Å². The van der Waals surface area contributed by atoms with E-state index in [0.717, 1.165) is 54.6 Å².